The van der Waals surface area contributed by atoms with Crippen LogP contribution in [0.5, 0.6) is 0 Å². The number of thioether (sulfide) groups is 1. The molecule has 0 fully saturated rings. The standard InChI is InChI=1S/C9H14N2O2S/c1-2-4-11(5-6-12)9(13)8-14-7-3-10/h2,12H,1,4-8H2. The van der Waals surface area contributed by atoms with Gasteiger partial charge >= 0.3 is 0 Å². The highest BCUT2D eigenvalue weighted by molar-refractivity contribution is 8.00. The summed E-state index contributed by atoms with van der Waals surface area (Å²) in [5.41, 5.74) is 0. The summed E-state index contributed by atoms with van der Waals surface area (Å²) in [5, 5.41) is 17.0. The Morgan fingerprint density at radius 3 is 2.93 bits per heavy atom. The van der Waals surface area contributed by atoms with Crippen molar-refractivity contribution in [3.8, 4) is 6.07 Å². The highest BCUT2D eigenvalue weighted by Crippen LogP contribution is 2.01. The van der Waals surface area contributed by atoms with Crippen LogP contribution in [0.4, 0.5) is 0 Å². The van der Waals surface area contributed by atoms with Crippen LogP contribution >= 0.6 is 11.8 Å². The number of rotatable bonds is 7. The maximum absolute atomic E-state index is 11.4. The van der Waals surface area contributed by atoms with Crippen LogP contribution in [0.3, 0.4) is 0 Å². The van der Waals surface area contributed by atoms with Crippen molar-refractivity contribution in [2.75, 3.05) is 31.2 Å². The first-order chi connectivity index (χ1) is 6.76. The minimum absolute atomic E-state index is 0.0531. The molecule has 1 N–H and O–H groups in total. The lowest BCUT2D eigenvalue weighted by Gasteiger charge is -2.19. The second kappa shape index (κ2) is 8.60. The zero-order valence-corrected chi connectivity index (χ0v) is 8.79. The summed E-state index contributed by atoms with van der Waals surface area (Å²) in [5.74, 6) is 0.521. The largest absolute Gasteiger partial charge is 0.395 e. The summed E-state index contributed by atoms with van der Waals surface area (Å²) in [6.45, 7) is 4.23. The summed E-state index contributed by atoms with van der Waals surface area (Å²) in [6.07, 6.45) is 1.61. The number of aliphatic hydroxyl groups excluding tert-OH is 1. The molecule has 0 radical (unpaired) electrons. The van der Waals surface area contributed by atoms with Gasteiger partial charge in [-0.25, -0.2) is 0 Å². The molecule has 0 aliphatic heterocycles. The van der Waals surface area contributed by atoms with Crippen molar-refractivity contribution in [2.45, 2.75) is 0 Å². The molecule has 0 atom stereocenters. The van der Waals surface area contributed by atoms with Crippen molar-refractivity contribution in [1.29, 1.82) is 5.26 Å². The van der Waals surface area contributed by atoms with E-state index in [1.165, 1.54) is 16.7 Å². The van der Waals surface area contributed by atoms with E-state index in [2.05, 4.69) is 6.58 Å². The Morgan fingerprint density at radius 2 is 2.43 bits per heavy atom. The van der Waals surface area contributed by atoms with Crippen LogP contribution in [0, 0.1) is 11.3 Å². The molecule has 14 heavy (non-hydrogen) atoms. The molecule has 1 amide bonds. The monoisotopic (exact) mass is 214 g/mol. The van der Waals surface area contributed by atoms with Crippen molar-refractivity contribution in [1.82, 2.24) is 4.90 Å². The fourth-order valence-electron chi connectivity index (χ4n) is 0.870. The molecule has 0 heterocycles. The van der Waals surface area contributed by atoms with Gasteiger partial charge in [-0.3, -0.25) is 4.79 Å². The number of nitriles is 1. The Balaban J connectivity index is 3.89. The normalized spacial score (nSPS) is 9.14. The second-order valence-electron chi connectivity index (χ2n) is 2.50. The van der Waals surface area contributed by atoms with E-state index in [4.69, 9.17) is 10.4 Å². The molecule has 0 aliphatic carbocycles. The molecule has 0 rings (SSSR count). The first-order valence-corrected chi connectivity index (χ1v) is 5.36. The van der Waals surface area contributed by atoms with Gasteiger partial charge in [0, 0.05) is 13.1 Å². The van der Waals surface area contributed by atoms with Gasteiger partial charge in [0.2, 0.25) is 5.91 Å². The molecule has 0 unspecified atom stereocenters. The van der Waals surface area contributed by atoms with E-state index in [1.807, 2.05) is 6.07 Å². The van der Waals surface area contributed by atoms with Crippen LogP contribution in [0.15, 0.2) is 12.7 Å². The molecular formula is C9H14N2O2S. The van der Waals surface area contributed by atoms with Gasteiger partial charge < -0.3 is 10.0 Å². The fraction of sp³-hybridized carbons (Fsp3) is 0.556. The van der Waals surface area contributed by atoms with Crippen molar-refractivity contribution < 1.29 is 9.90 Å². The van der Waals surface area contributed by atoms with E-state index < -0.39 is 0 Å². The lowest BCUT2D eigenvalue weighted by atomic mass is 10.4. The summed E-state index contributed by atoms with van der Waals surface area (Å²) < 4.78 is 0. The predicted octanol–water partition coefficient (Wildman–Crippen LogP) is 0.250. The molecule has 0 aromatic rings. The van der Waals surface area contributed by atoms with Gasteiger partial charge in [-0.05, 0) is 0 Å². The molecule has 0 saturated heterocycles. The Labute approximate surface area is 88.2 Å². The van der Waals surface area contributed by atoms with Crippen LogP contribution < -0.4 is 0 Å². The Morgan fingerprint density at radius 1 is 1.71 bits per heavy atom. The van der Waals surface area contributed by atoms with Crippen LogP contribution in [0.2, 0.25) is 0 Å². The zero-order valence-electron chi connectivity index (χ0n) is 7.98. The first kappa shape index (κ1) is 13.0. The molecule has 0 aromatic heterocycles. The van der Waals surface area contributed by atoms with E-state index in [0.29, 0.717) is 18.8 Å². The number of nitrogens with zero attached hydrogens (tertiary/aromatic N) is 2. The maximum atomic E-state index is 11.4. The molecule has 0 aromatic carbocycles. The number of hydrogen-bond donors (Lipinski definition) is 1. The van der Waals surface area contributed by atoms with E-state index >= 15 is 0 Å². The van der Waals surface area contributed by atoms with Crippen LogP contribution in [-0.4, -0.2) is 47.1 Å². The molecule has 0 saturated carbocycles. The van der Waals surface area contributed by atoms with Crippen molar-refractivity contribution in [3.63, 3.8) is 0 Å². The minimum Gasteiger partial charge on any atom is -0.395 e. The summed E-state index contributed by atoms with van der Waals surface area (Å²) in [7, 11) is 0. The Bertz CT molecular complexity index is 225. The number of amides is 1. The van der Waals surface area contributed by atoms with Crippen LogP contribution in [0.1, 0.15) is 0 Å². The third kappa shape index (κ3) is 5.62. The van der Waals surface area contributed by atoms with Gasteiger partial charge in [0.1, 0.15) is 0 Å². The van der Waals surface area contributed by atoms with E-state index in [9.17, 15) is 4.79 Å². The highest BCUT2D eigenvalue weighted by atomic mass is 32.2. The Hall–Kier alpha value is -0.990. The molecular weight excluding hydrogens is 200 g/mol. The molecule has 78 valence electrons. The van der Waals surface area contributed by atoms with Gasteiger partial charge in [0.05, 0.1) is 24.2 Å². The smallest absolute Gasteiger partial charge is 0.232 e. The average Bonchev–Trinajstić information content (AvgIpc) is 2.18. The van der Waals surface area contributed by atoms with Gasteiger partial charge in [-0.2, -0.15) is 5.26 Å². The third-order valence-corrected chi connectivity index (χ3v) is 2.25. The van der Waals surface area contributed by atoms with E-state index in [1.54, 1.807) is 6.08 Å². The maximum Gasteiger partial charge on any atom is 0.232 e. The molecule has 0 aliphatic rings. The van der Waals surface area contributed by atoms with Crippen LogP contribution in [-0.2, 0) is 4.79 Å². The minimum atomic E-state index is -0.0702. The number of hydrogen-bond acceptors (Lipinski definition) is 4. The molecule has 5 heteroatoms. The topological polar surface area (TPSA) is 64.3 Å². The van der Waals surface area contributed by atoms with Gasteiger partial charge in [-0.1, -0.05) is 6.08 Å². The highest BCUT2D eigenvalue weighted by Gasteiger charge is 2.10. The lowest BCUT2D eigenvalue weighted by molar-refractivity contribution is -0.128. The number of carbonyl (C=O) groups excluding carboxylic acids is 1. The quantitative estimate of drug-likeness (QED) is 0.487. The number of carbonyl (C=O) groups is 1. The summed E-state index contributed by atoms with van der Waals surface area (Å²) in [6, 6.07) is 1.95. The van der Waals surface area contributed by atoms with Gasteiger partial charge in [0.15, 0.2) is 0 Å². The van der Waals surface area contributed by atoms with Gasteiger partial charge in [0.25, 0.3) is 0 Å². The predicted molar refractivity (Wildman–Crippen MR) is 56.8 cm³/mol. The SMILES string of the molecule is C=CCN(CCO)C(=O)CSCC#N. The zero-order chi connectivity index (χ0) is 10.8. The van der Waals surface area contributed by atoms with E-state index in [-0.39, 0.29) is 18.3 Å². The van der Waals surface area contributed by atoms with Gasteiger partial charge in [-0.15, -0.1) is 18.3 Å². The summed E-state index contributed by atoms with van der Waals surface area (Å²) in [4.78, 5) is 12.9. The molecule has 0 bridgehead atoms. The average molecular weight is 214 g/mol. The number of aliphatic hydroxyl groups is 1. The lowest BCUT2D eigenvalue weighted by Crippen LogP contribution is -2.35. The Kier molecular flexibility index (Phi) is 7.99. The third-order valence-electron chi connectivity index (χ3n) is 1.46. The van der Waals surface area contributed by atoms with Crippen molar-refractivity contribution >= 4 is 17.7 Å². The first-order valence-electron chi connectivity index (χ1n) is 4.20. The fourth-order valence-corrected chi connectivity index (χ4v) is 1.42. The van der Waals surface area contributed by atoms with Crippen molar-refractivity contribution in [3.05, 3.63) is 12.7 Å². The second-order valence-corrected chi connectivity index (χ2v) is 3.49. The molecule has 4 nitrogen and oxygen atoms in total. The van der Waals surface area contributed by atoms with Crippen LogP contribution in [0.25, 0.3) is 0 Å². The molecule has 0 spiro atoms. The van der Waals surface area contributed by atoms with E-state index in [0.717, 1.165) is 0 Å². The summed E-state index contributed by atoms with van der Waals surface area (Å²) >= 11 is 1.27. The van der Waals surface area contributed by atoms with Crippen molar-refractivity contribution in [2.24, 2.45) is 0 Å².